The van der Waals surface area contributed by atoms with Crippen LogP contribution in [0.2, 0.25) is 0 Å². The van der Waals surface area contributed by atoms with E-state index in [9.17, 15) is 9.59 Å². The summed E-state index contributed by atoms with van der Waals surface area (Å²) < 4.78 is 0. The Morgan fingerprint density at radius 3 is 2.72 bits per heavy atom. The molecule has 1 fully saturated rings. The van der Waals surface area contributed by atoms with Crippen molar-refractivity contribution in [3.63, 3.8) is 0 Å². The number of nitrogens with zero attached hydrogens (tertiary/aromatic N) is 1. The van der Waals surface area contributed by atoms with Gasteiger partial charge in [-0.25, -0.2) is 0 Å². The van der Waals surface area contributed by atoms with Gasteiger partial charge in [-0.2, -0.15) is 0 Å². The molecular formula is C13H25N3O2. The largest absolute Gasteiger partial charge is 0.352 e. The summed E-state index contributed by atoms with van der Waals surface area (Å²) in [4.78, 5) is 25.0. The van der Waals surface area contributed by atoms with E-state index in [1.54, 1.807) is 11.9 Å². The van der Waals surface area contributed by atoms with Gasteiger partial charge in [-0.05, 0) is 26.7 Å². The van der Waals surface area contributed by atoms with Crippen molar-refractivity contribution in [2.45, 2.75) is 58.2 Å². The lowest BCUT2D eigenvalue weighted by atomic mass is 10.0. The van der Waals surface area contributed by atoms with Gasteiger partial charge in [0.25, 0.3) is 0 Å². The second kappa shape index (κ2) is 6.73. The molecule has 0 bridgehead atoms. The molecular weight excluding hydrogens is 230 g/mol. The fourth-order valence-corrected chi connectivity index (χ4v) is 2.05. The Morgan fingerprint density at radius 1 is 1.50 bits per heavy atom. The number of amides is 2. The first-order valence-corrected chi connectivity index (χ1v) is 6.74. The van der Waals surface area contributed by atoms with Crippen LogP contribution in [0.1, 0.15) is 40.0 Å². The van der Waals surface area contributed by atoms with Crippen LogP contribution in [0.4, 0.5) is 0 Å². The van der Waals surface area contributed by atoms with Crippen molar-refractivity contribution >= 4 is 11.8 Å². The molecule has 104 valence electrons. The number of piperidine rings is 1. The van der Waals surface area contributed by atoms with Gasteiger partial charge in [0.15, 0.2) is 0 Å². The minimum Gasteiger partial charge on any atom is -0.352 e. The minimum atomic E-state index is -0.217. The average molecular weight is 255 g/mol. The summed E-state index contributed by atoms with van der Waals surface area (Å²) in [7, 11) is 1.81. The highest BCUT2D eigenvalue weighted by Gasteiger charge is 2.25. The predicted octanol–water partition coefficient (Wildman–Crippen LogP) is 0.500. The number of hydrogen-bond acceptors (Lipinski definition) is 3. The van der Waals surface area contributed by atoms with E-state index in [2.05, 4.69) is 10.6 Å². The lowest BCUT2D eigenvalue weighted by Crippen LogP contribution is -2.53. The molecule has 18 heavy (non-hydrogen) atoms. The molecule has 2 amide bonds. The molecule has 0 aromatic rings. The molecule has 1 aliphatic heterocycles. The molecule has 0 spiro atoms. The molecule has 0 aromatic heterocycles. The van der Waals surface area contributed by atoms with E-state index in [4.69, 9.17) is 0 Å². The first kappa shape index (κ1) is 15.0. The lowest BCUT2D eigenvalue weighted by Gasteiger charge is -2.32. The van der Waals surface area contributed by atoms with Gasteiger partial charge in [0.05, 0.1) is 6.04 Å². The summed E-state index contributed by atoms with van der Waals surface area (Å²) in [6, 6.07) is 0.202. The number of carbonyl (C=O) groups excluding carboxylic acids is 2. The van der Waals surface area contributed by atoms with Gasteiger partial charge in [-0.1, -0.05) is 6.92 Å². The van der Waals surface area contributed by atoms with Gasteiger partial charge < -0.3 is 15.5 Å². The number of rotatable bonds is 5. The predicted molar refractivity (Wildman–Crippen MR) is 71.2 cm³/mol. The number of likely N-dealkylation sites (tertiary alicyclic amines) is 1. The SMILES string of the molecule is CCC(C)NC(=O)C(C)NC1CCC(=O)N(C)C1. The highest BCUT2D eigenvalue weighted by atomic mass is 16.2. The summed E-state index contributed by atoms with van der Waals surface area (Å²) in [6.07, 6.45) is 2.30. The Kier molecular flexibility index (Phi) is 5.59. The summed E-state index contributed by atoms with van der Waals surface area (Å²) in [5.41, 5.74) is 0. The Morgan fingerprint density at radius 2 is 2.17 bits per heavy atom. The minimum absolute atomic E-state index is 0.0314. The topological polar surface area (TPSA) is 61.4 Å². The van der Waals surface area contributed by atoms with E-state index >= 15 is 0 Å². The molecule has 0 saturated carbocycles. The summed E-state index contributed by atoms with van der Waals surface area (Å²) >= 11 is 0. The maximum atomic E-state index is 11.9. The van der Waals surface area contributed by atoms with Crippen molar-refractivity contribution in [3.8, 4) is 0 Å². The standard InChI is InChI=1S/C13H25N3O2/c1-5-9(2)14-13(18)10(3)15-11-6-7-12(17)16(4)8-11/h9-11,15H,5-8H2,1-4H3,(H,14,18). The van der Waals surface area contributed by atoms with E-state index in [0.717, 1.165) is 12.8 Å². The Bertz CT molecular complexity index is 307. The Balaban J connectivity index is 2.37. The van der Waals surface area contributed by atoms with Crippen molar-refractivity contribution < 1.29 is 9.59 Å². The third-order valence-corrected chi connectivity index (χ3v) is 3.51. The van der Waals surface area contributed by atoms with Crippen LogP contribution in [0.5, 0.6) is 0 Å². The molecule has 3 unspecified atom stereocenters. The second-order valence-corrected chi connectivity index (χ2v) is 5.22. The van der Waals surface area contributed by atoms with Gasteiger partial charge in [0.1, 0.15) is 0 Å². The fraction of sp³-hybridized carbons (Fsp3) is 0.846. The summed E-state index contributed by atoms with van der Waals surface area (Å²) in [5, 5.41) is 6.25. The van der Waals surface area contributed by atoms with Crippen LogP contribution < -0.4 is 10.6 Å². The van der Waals surface area contributed by atoms with Gasteiger partial charge in [0, 0.05) is 32.1 Å². The molecule has 1 rings (SSSR count). The number of nitrogens with one attached hydrogen (secondary N) is 2. The van der Waals surface area contributed by atoms with Crippen molar-refractivity contribution in [1.29, 1.82) is 0 Å². The molecule has 0 aliphatic carbocycles. The highest BCUT2D eigenvalue weighted by molar-refractivity contribution is 5.81. The Hall–Kier alpha value is -1.10. The monoisotopic (exact) mass is 255 g/mol. The molecule has 1 heterocycles. The van der Waals surface area contributed by atoms with Crippen LogP contribution in [-0.2, 0) is 9.59 Å². The van der Waals surface area contributed by atoms with E-state index in [1.165, 1.54) is 0 Å². The molecule has 0 aromatic carbocycles. The third-order valence-electron chi connectivity index (χ3n) is 3.51. The molecule has 5 nitrogen and oxygen atoms in total. The van der Waals surface area contributed by atoms with Crippen LogP contribution in [0.15, 0.2) is 0 Å². The van der Waals surface area contributed by atoms with Crippen LogP contribution in [0, 0.1) is 0 Å². The number of likely N-dealkylation sites (N-methyl/N-ethyl adjacent to an activating group) is 1. The van der Waals surface area contributed by atoms with E-state index in [1.807, 2.05) is 20.8 Å². The zero-order chi connectivity index (χ0) is 13.7. The molecule has 0 radical (unpaired) electrons. The first-order chi connectivity index (χ1) is 8.43. The lowest BCUT2D eigenvalue weighted by molar-refractivity contribution is -0.132. The molecule has 1 aliphatic rings. The fourth-order valence-electron chi connectivity index (χ4n) is 2.05. The van der Waals surface area contributed by atoms with E-state index in [-0.39, 0.29) is 29.9 Å². The maximum Gasteiger partial charge on any atom is 0.237 e. The molecule has 3 atom stereocenters. The third kappa shape index (κ3) is 4.29. The molecule has 2 N–H and O–H groups in total. The number of hydrogen-bond donors (Lipinski definition) is 2. The van der Waals surface area contributed by atoms with Crippen molar-refractivity contribution in [1.82, 2.24) is 15.5 Å². The Labute approximate surface area is 109 Å². The van der Waals surface area contributed by atoms with Crippen LogP contribution in [-0.4, -0.2) is 48.4 Å². The van der Waals surface area contributed by atoms with Gasteiger partial charge >= 0.3 is 0 Å². The summed E-state index contributed by atoms with van der Waals surface area (Å²) in [6.45, 7) is 6.59. The van der Waals surface area contributed by atoms with Crippen LogP contribution in [0.3, 0.4) is 0 Å². The molecule has 5 heteroatoms. The van der Waals surface area contributed by atoms with Crippen molar-refractivity contribution in [2.24, 2.45) is 0 Å². The van der Waals surface area contributed by atoms with Gasteiger partial charge in [-0.3, -0.25) is 9.59 Å². The van der Waals surface area contributed by atoms with E-state index < -0.39 is 0 Å². The molecule has 1 saturated heterocycles. The zero-order valence-corrected chi connectivity index (χ0v) is 11.8. The van der Waals surface area contributed by atoms with E-state index in [0.29, 0.717) is 13.0 Å². The first-order valence-electron chi connectivity index (χ1n) is 6.74. The zero-order valence-electron chi connectivity index (χ0n) is 11.8. The summed E-state index contributed by atoms with van der Waals surface area (Å²) in [5.74, 6) is 0.216. The van der Waals surface area contributed by atoms with Gasteiger partial charge in [-0.15, -0.1) is 0 Å². The average Bonchev–Trinajstić information content (AvgIpc) is 2.33. The normalized spacial score (nSPS) is 23.7. The highest BCUT2D eigenvalue weighted by Crippen LogP contribution is 2.10. The second-order valence-electron chi connectivity index (χ2n) is 5.22. The van der Waals surface area contributed by atoms with Gasteiger partial charge in [0.2, 0.25) is 11.8 Å². The van der Waals surface area contributed by atoms with Crippen LogP contribution >= 0.6 is 0 Å². The van der Waals surface area contributed by atoms with Crippen LogP contribution in [0.25, 0.3) is 0 Å². The van der Waals surface area contributed by atoms with Crippen molar-refractivity contribution in [3.05, 3.63) is 0 Å². The smallest absolute Gasteiger partial charge is 0.237 e. The number of carbonyl (C=O) groups is 2. The van der Waals surface area contributed by atoms with Crippen molar-refractivity contribution in [2.75, 3.05) is 13.6 Å². The quantitative estimate of drug-likeness (QED) is 0.752. The maximum absolute atomic E-state index is 11.9.